The van der Waals surface area contributed by atoms with Crippen molar-refractivity contribution < 1.29 is 27.6 Å². The third-order valence-corrected chi connectivity index (χ3v) is 17.3. The minimum atomic E-state index is -4.65. The van der Waals surface area contributed by atoms with E-state index < -0.39 is 31.4 Å². The lowest BCUT2D eigenvalue weighted by Crippen LogP contribution is -2.55. The molecule has 18 heteroatoms. The highest BCUT2D eigenvalue weighted by Crippen LogP contribution is 2.54. The minimum Gasteiger partial charge on any atom is -0.489 e. The van der Waals surface area contributed by atoms with E-state index in [2.05, 4.69) is 79.8 Å². The number of nitro benzene ring substituents is 1. The van der Waals surface area contributed by atoms with E-state index in [0.717, 1.165) is 75.8 Å². The van der Waals surface area contributed by atoms with E-state index in [1.54, 1.807) is 6.07 Å². The number of benzene rings is 3. The maximum Gasteiger partial charge on any atom is 0.297 e. The number of hydrogen-bond acceptors (Lipinski definition) is 14. The average Bonchev–Trinajstić information content (AvgIpc) is 4.02. The highest BCUT2D eigenvalue weighted by atomic mass is 32.2. The third kappa shape index (κ3) is 8.81. The van der Waals surface area contributed by atoms with Crippen LogP contribution in [0.25, 0.3) is 11.0 Å². The number of carbonyl (C=O) groups is 1. The maximum atomic E-state index is 14.6. The molecular formula is C52H64N10O7S. The molecule has 11 rings (SSSR count). The normalized spacial score (nSPS) is 23.1. The molecule has 70 heavy (non-hydrogen) atoms. The fourth-order valence-corrected chi connectivity index (χ4v) is 13.1. The van der Waals surface area contributed by atoms with Gasteiger partial charge in [-0.1, -0.05) is 38.1 Å². The Morgan fingerprint density at radius 2 is 1.77 bits per heavy atom. The summed E-state index contributed by atoms with van der Waals surface area (Å²) in [5, 5.41) is 16.6. The molecule has 1 saturated carbocycles. The van der Waals surface area contributed by atoms with Crippen molar-refractivity contribution in [2.45, 2.75) is 94.3 Å². The highest BCUT2D eigenvalue weighted by molar-refractivity contribution is 7.90. The van der Waals surface area contributed by atoms with Gasteiger partial charge < -0.3 is 34.5 Å². The monoisotopic (exact) mass is 972 g/mol. The zero-order chi connectivity index (χ0) is 48.5. The van der Waals surface area contributed by atoms with Crippen molar-refractivity contribution in [1.82, 2.24) is 29.4 Å². The zero-order valence-electron chi connectivity index (χ0n) is 40.5. The predicted molar refractivity (Wildman–Crippen MR) is 270 cm³/mol. The second-order valence-corrected chi connectivity index (χ2v) is 22.6. The number of likely N-dealkylation sites (N-methyl/N-ethyl adjacent to an activating group) is 1. The van der Waals surface area contributed by atoms with Crippen LogP contribution in [0.15, 0.2) is 77.8 Å². The summed E-state index contributed by atoms with van der Waals surface area (Å²) in [7, 11) is -2.58. The SMILES string of the molecule is CC(C)c1ccccc1[C@@H]1CCCN1C1CC2(CCN(c3ccc(C(=O)NS(=O)(=O)c4cc5c(c([N+](=O)[O-])c4)N[C@@H](CN4CCN(C)CC4)CO5)c(N4C[C@@H](C)Oc5nc6[nH]ccc6cc54)c3)CC2)C1. The Morgan fingerprint density at radius 1 is 0.986 bits per heavy atom. The number of nitrogens with zero attached hydrogens (tertiary/aromatic N) is 7. The van der Waals surface area contributed by atoms with Crippen LogP contribution in [0.5, 0.6) is 11.6 Å². The van der Waals surface area contributed by atoms with Crippen LogP contribution in [0.2, 0.25) is 0 Å². The molecule has 0 radical (unpaired) electrons. The van der Waals surface area contributed by atoms with Gasteiger partial charge in [-0.3, -0.25) is 24.7 Å². The largest absolute Gasteiger partial charge is 0.489 e. The van der Waals surface area contributed by atoms with Crippen molar-refractivity contribution in [2.24, 2.45) is 5.41 Å². The molecule has 3 aromatic carbocycles. The first-order valence-electron chi connectivity index (χ1n) is 25.1. The number of pyridine rings is 1. The number of H-pyrrole nitrogens is 1. The molecule has 0 bridgehead atoms. The molecule has 1 spiro atoms. The van der Waals surface area contributed by atoms with Crippen molar-refractivity contribution >= 4 is 55.4 Å². The Hall–Kier alpha value is -5.95. The fourth-order valence-electron chi connectivity index (χ4n) is 12.1. The Kier molecular flexibility index (Phi) is 12.2. The van der Waals surface area contributed by atoms with Gasteiger partial charge in [-0.2, -0.15) is 4.98 Å². The van der Waals surface area contributed by atoms with E-state index in [9.17, 15) is 23.3 Å². The molecule has 3 N–H and O–H groups in total. The Balaban J connectivity index is 0.844. The molecule has 370 valence electrons. The van der Waals surface area contributed by atoms with Crippen LogP contribution in [0.1, 0.15) is 92.7 Å². The highest BCUT2D eigenvalue weighted by Gasteiger charge is 2.50. The molecule has 2 aromatic heterocycles. The summed E-state index contributed by atoms with van der Waals surface area (Å²) < 4.78 is 43.0. The number of anilines is 4. The second kappa shape index (κ2) is 18.3. The smallest absolute Gasteiger partial charge is 0.297 e. The van der Waals surface area contributed by atoms with Crippen molar-refractivity contribution in [2.75, 3.05) is 87.7 Å². The van der Waals surface area contributed by atoms with Crippen molar-refractivity contribution in [3.8, 4) is 11.6 Å². The average molecular weight is 973 g/mol. The molecule has 1 amide bonds. The number of rotatable bonds is 11. The van der Waals surface area contributed by atoms with E-state index in [1.807, 2.05) is 42.3 Å². The number of amides is 1. The molecule has 3 atom stereocenters. The lowest BCUT2D eigenvalue weighted by molar-refractivity contribution is -0.384. The first-order valence-corrected chi connectivity index (χ1v) is 26.5. The Labute approximate surface area is 409 Å². The van der Waals surface area contributed by atoms with Gasteiger partial charge in [0.1, 0.15) is 24.0 Å². The summed E-state index contributed by atoms with van der Waals surface area (Å²) in [4.78, 5) is 45.6. The third-order valence-electron chi connectivity index (χ3n) is 16.0. The molecule has 5 aliphatic heterocycles. The van der Waals surface area contributed by atoms with Gasteiger partial charge in [0.05, 0.1) is 33.7 Å². The number of aromatic nitrogens is 2. The van der Waals surface area contributed by atoms with Crippen LogP contribution in [0.3, 0.4) is 0 Å². The lowest BCUT2D eigenvalue weighted by Gasteiger charge is -2.56. The zero-order valence-corrected chi connectivity index (χ0v) is 41.3. The molecule has 4 fully saturated rings. The quantitative estimate of drug-likeness (QED) is 0.0868. The summed E-state index contributed by atoms with van der Waals surface area (Å²) in [5.41, 5.74) is 5.80. The number of sulfonamides is 1. The van der Waals surface area contributed by atoms with Gasteiger partial charge in [0.2, 0.25) is 5.88 Å². The number of piperidine rings is 1. The van der Waals surface area contributed by atoms with Crippen molar-refractivity contribution in [3.63, 3.8) is 0 Å². The second-order valence-electron chi connectivity index (χ2n) is 21.0. The molecular weight excluding hydrogens is 909 g/mol. The van der Waals surface area contributed by atoms with E-state index in [4.69, 9.17) is 14.5 Å². The van der Waals surface area contributed by atoms with Gasteiger partial charge in [0.25, 0.3) is 21.6 Å². The minimum absolute atomic E-state index is 0.0394. The van der Waals surface area contributed by atoms with E-state index in [0.29, 0.717) is 59.4 Å². The molecule has 3 saturated heterocycles. The number of aromatic amines is 1. The van der Waals surface area contributed by atoms with Crippen LogP contribution < -0.4 is 29.3 Å². The number of hydrogen-bond donors (Lipinski definition) is 3. The van der Waals surface area contributed by atoms with Crippen molar-refractivity contribution in [1.29, 1.82) is 0 Å². The van der Waals surface area contributed by atoms with Crippen LogP contribution in [-0.2, 0) is 10.0 Å². The van der Waals surface area contributed by atoms with Crippen LogP contribution >= 0.6 is 0 Å². The standard InChI is InChI=1S/C52H64N10O7S/c1-33(2)40-8-5-6-9-41(40)43-10-7-17-60(43)38-28-52(29-38)14-18-59(19-15-52)37-11-12-42(44(25-37)61-30-34(3)69-51-46(61)24-35-13-16-53-49(35)55-51)50(63)56-70(66,67)39-26-45(62(64)65)48-47(27-39)68-32-36(54-48)31-58-22-20-57(4)21-23-58/h5-6,8-9,11-13,16,24-27,33-34,36,38,43,54H,7,10,14-15,17-23,28-32H2,1-4H3,(H,53,55)(H,56,63)/t34-,36+,43+/m1/s1. The first-order chi connectivity index (χ1) is 33.7. The molecule has 7 heterocycles. The number of carbonyl (C=O) groups excluding carboxylic acids is 1. The summed E-state index contributed by atoms with van der Waals surface area (Å²) in [5.74, 6) is 0.0502. The Bertz CT molecular complexity index is 2920. The van der Waals surface area contributed by atoms with Crippen LogP contribution in [0, 0.1) is 15.5 Å². The van der Waals surface area contributed by atoms with Crippen molar-refractivity contribution in [3.05, 3.63) is 99.7 Å². The summed E-state index contributed by atoms with van der Waals surface area (Å²) in [6.45, 7) is 14.1. The number of nitrogens with one attached hydrogen (secondary N) is 3. The van der Waals surface area contributed by atoms with E-state index in [-0.39, 0.29) is 35.8 Å². The molecule has 1 aliphatic carbocycles. The number of nitro groups is 1. The number of likely N-dealkylation sites (tertiary alicyclic amines) is 1. The number of fused-ring (bicyclic) bond motifs is 3. The van der Waals surface area contributed by atoms with E-state index in [1.165, 1.54) is 42.9 Å². The van der Waals surface area contributed by atoms with Crippen LogP contribution in [-0.4, -0.2) is 135 Å². The topological polar surface area (TPSA) is 182 Å². The van der Waals surface area contributed by atoms with Gasteiger partial charge in [-0.05, 0) is 112 Å². The molecule has 0 unspecified atom stereocenters. The van der Waals surface area contributed by atoms with Crippen LogP contribution in [0.4, 0.5) is 28.4 Å². The summed E-state index contributed by atoms with van der Waals surface area (Å²) in [6, 6.07) is 21.5. The summed E-state index contributed by atoms with van der Waals surface area (Å²) in [6.07, 6.45) is 8.47. The molecule has 5 aromatic rings. The number of piperazine rings is 1. The first kappa shape index (κ1) is 46.4. The fraction of sp³-hybridized carbons (Fsp3) is 0.500. The summed E-state index contributed by atoms with van der Waals surface area (Å²) >= 11 is 0. The van der Waals surface area contributed by atoms with Gasteiger partial charge in [-0.15, -0.1) is 0 Å². The molecule has 6 aliphatic rings. The Morgan fingerprint density at radius 3 is 2.54 bits per heavy atom. The van der Waals surface area contributed by atoms with Gasteiger partial charge >= 0.3 is 0 Å². The van der Waals surface area contributed by atoms with E-state index >= 15 is 0 Å². The van der Waals surface area contributed by atoms with Gasteiger partial charge in [0.15, 0.2) is 11.4 Å². The maximum absolute atomic E-state index is 14.6. The molecule has 17 nitrogen and oxygen atoms in total. The lowest BCUT2D eigenvalue weighted by atomic mass is 9.59. The van der Waals surface area contributed by atoms with Gasteiger partial charge in [-0.25, -0.2) is 13.1 Å². The predicted octanol–water partition coefficient (Wildman–Crippen LogP) is 7.64. The van der Waals surface area contributed by atoms with Gasteiger partial charge in [0, 0.05) is 87.3 Å². The number of ether oxygens (including phenoxy) is 2.